The number of hydrogen-bond donors (Lipinski definition) is 2. The van der Waals surface area contributed by atoms with E-state index in [1.807, 2.05) is 13.8 Å². The summed E-state index contributed by atoms with van der Waals surface area (Å²) >= 11 is 0. The minimum Gasteiger partial charge on any atom is -0.354 e. The van der Waals surface area contributed by atoms with Gasteiger partial charge in [-0.05, 0) is 45.7 Å². The van der Waals surface area contributed by atoms with E-state index in [2.05, 4.69) is 24.5 Å². The summed E-state index contributed by atoms with van der Waals surface area (Å²) in [6.45, 7) is 10.5. The number of amides is 1. The van der Waals surface area contributed by atoms with Gasteiger partial charge in [-0.2, -0.15) is 0 Å². The van der Waals surface area contributed by atoms with Crippen molar-refractivity contribution >= 4 is 5.91 Å². The number of rotatable bonds is 8. The van der Waals surface area contributed by atoms with Gasteiger partial charge < -0.3 is 10.6 Å². The highest BCUT2D eigenvalue weighted by atomic mass is 16.1. The van der Waals surface area contributed by atoms with Crippen LogP contribution in [0.15, 0.2) is 0 Å². The Kier molecular flexibility index (Phi) is 8.38. The molecule has 15 heavy (non-hydrogen) atoms. The van der Waals surface area contributed by atoms with E-state index >= 15 is 0 Å². The van der Waals surface area contributed by atoms with Crippen LogP contribution in [0.2, 0.25) is 0 Å². The Morgan fingerprint density at radius 2 is 1.80 bits per heavy atom. The normalized spacial score (nSPS) is 11.1. The Bertz CT molecular complexity index is 167. The molecule has 0 aromatic rings. The summed E-state index contributed by atoms with van der Waals surface area (Å²) in [5, 5.41) is 6.26. The second-order valence-corrected chi connectivity index (χ2v) is 4.78. The van der Waals surface area contributed by atoms with Crippen LogP contribution in [0.1, 0.15) is 47.0 Å². The first-order valence-electron chi connectivity index (χ1n) is 6.02. The highest BCUT2D eigenvalue weighted by Crippen LogP contribution is 1.95. The quantitative estimate of drug-likeness (QED) is 0.606. The van der Waals surface area contributed by atoms with E-state index in [1.54, 1.807) is 0 Å². The van der Waals surface area contributed by atoms with Crippen LogP contribution >= 0.6 is 0 Å². The van der Waals surface area contributed by atoms with Gasteiger partial charge in [-0.1, -0.05) is 13.8 Å². The van der Waals surface area contributed by atoms with Crippen LogP contribution in [0.3, 0.4) is 0 Å². The second-order valence-electron chi connectivity index (χ2n) is 4.78. The molecule has 0 aromatic heterocycles. The summed E-state index contributed by atoms with van der Waals surface area (Å²) < 4.78 is 0. The molecule has 3 nitrogen and oxygen atoms in total. The number of carbonyl (C=O) groups is 1. The van der Waals surface area contributed by atoms with Gasteiger partial charge in [-0.15, -0.1) is 0 Å². The molecule has 0 saturated heterocycles. The van der Waals surface area contributed by atoms with Gasteiger partial charge in [-0.25, -0.2) is 0 Å². The van der Waals surface area contributed by atoms with Gasteiger partial charge in [0.1, 0.15) is 0 Å². The monoisotopic (exact) mass is 214 g/mol. The molecule has 0 aromatic carbocycles. The molecular weight excluding hydrogens is 188 g/mol. The highest BCUT2D eigenvalue weighted by Gasteiger charge is 2.02. The van der Waals surface area contributed by atoms with E-state index in [4.69, 9.17) is 0 Å². The van der Waals surface area contributed by atoms with Crippen molar-refractivity contribution in [1.29, 1.82) is 0 Å². The molecule has 0 heterocycles. The molecule has 0 fully saturated rings. The zero-order valence-corrected chi connectivity index (χ0v) is 10.6. The Morgan fingerprint density at radius 3 is 2.33 bits per heavy atom. The third-order valence-electron chi connectivity index (χ3n) is 2.01. The lowest BCUT2D eigenvalue weighted by atomic mass is 10.2. The maximum absolute atomic E-state index is 11.3. The summed E-state index contributed by atoms with van der Waals surface area (Å²) in [4.78, 5) is 11.3. The van der Waals surface area contributed by atoms with Crippen molar-refractivity contribution in [2.45, 2.75) is 53.0 Å². The standard InChI is InChI=1S/C12H26N2O/c1-10(2)9-13-8-6-5-7-12(15)14-11(3)4/h10-11,13H,5-9H2,1-4H3,(H,14,15). The summed E-state index contributed by atoms with van der Waals surface area (Å²) in [7, 11) is 0. The maximum Gasteiger partial charge on any atom is 0.220 e. The van der Waals surface area contributed by atoms with Crippen molar-refractivity contribution in [3.05, 3.63) is 0 Å². The largest absolute Gasteiger partial charge is 0.354 e. The molecule has 0 unspecified atom stereocenters. The third-order valence-corrected chi connectivity index (χ3v) is 2.01. The van der Waals surface area contributed by atoms with Crippen molar-refractivity contribution in [2.75, 3.05) is 13.1 Å². The van der Waals surface area contributed by atoms with Crippen LogP contribution in [0.25, 0.3) is 0 Å². The summed E-state index contributed by atoms with van der Waals surface area (Å²) in [6.07, 6.45) is 2.71. The van der Waals surface area contributed by atoms with Gasteiger partial charge in [0.2, 0.25) is 5.91 Å². The van der Waals surface area contributed by atoms with E-state index in [0.29, 0.717) is 12.3 Å². The molecule has 0 aliphatic rings. The van der Waals surface area contributed by atoms with E-state index in [-0.39, 0.29) is 11.9 Å². The highest BCUT2D eigenvalue weighted by molar-refractivity contribution is 5.76. The zero-order chi connectivity index (χ0) is 11.7. The molecule has 0 spiro atoms. The second kappa shape index (κ2) is 8.72. The lowest BCUT2D eigenvalue weighted by Crippen LogP contribution is -2.30. The summed E-state index contributed by atoms with van der Waals surface area (Å²) in [6, 6.07) is 0.261. The molecule has 0 aliphatic carbocycles. The fraction of sp³-hybridized carbons (Fsp3) is 0.917. The Labute approximate surface area is 94.0 Å². The Morgan fingerprint density at radius 1 is 1.13 bits per heavy atom. The fourth-order valence-corrected chi connectivity index (χ4v) is 1.32. The SMILES string of the molecule is CC(C)CNCCCCC(=O)NC(C)C. The summed E-state index contributed by atoms with van der Waals surface area (Å²) in [5.41, 5.74) is 0. The van der Waals surface area contributed by atoms with Crippen molar-refractivity contribution in [3.63, 3.8) is 0 Å². The van der Waals surface area contributed by atoms with Crippen LogP contribution < -0.4 is 10.6 Å². The van der Waals surface area contributed by atoms with Crippen LogP contribution in [0.4, 0.5) is 0 Å². The van der Waals surface area contributed by atoms with Gasteiger partial charge >= 0.3 is 0 Å². The number of nitrogens with one attached hydrogen (secondary N) is 2. The van der Waals surface area contributed by atoms with E-state index in [9.17, 15) is 4.79 Å². The molecule has 3 heteroatoms. The van der Waals surface area contributed by atoms with Gasteiger partial charge in [0.15, 0.2) is 0 Å². The molecule has 0 saturated carbocycles. The van der Waals surface area contributed by atoms with Gasteiger partial charge in [0, 0.05) is 12.5 Å². The van der Waals surface area contributed by atoms with Crippen molar-refractivity contribution in [2.24, 2.45) is 5.92 Å². The molecule has 0 radical (unpaired) electrons. The Hall–Kier alpha value is -0.570. The van der Waals surface area contributed by atoms with Gasteiger partial charge in [0.25, 0.3) is 0 Å². The van der Waals surface area contributed by atoms with Crippen LogP contribution in [-0.2, 0) is 4.79 Å². The number of hydrogen-bond acceptors (Lipinski definition) is 2. The lowest BCUT2D eigenvalue weighted by Gasteiger charge is -2.09. The average molecular weight is 214 g/mol. The fourth-order valence-electron chi connectivity index (χ4n) is 1.32. The van der Waals surface area contributed by atoms with E-state index in [1.165, 1.54) is 0 Å². The average Bonchev–Trinajstić information content (AvgIpc) is 2.09. The molecular formula is C12H26N2O. The molecule has 0 bridgehead atoms. The zero-order valence-electron chi connectivity index (χ0n) is 10.6. The van der Waals surface area contributed by atoms with E-state index < -0.39 is 0 Å². The molecule has 0 aliphatic heterocycles. The van der Waals surface area contributed by atoms with Gasteiger partial charge in [0.05, 0.1) is 0 Å². The summed E-state index contributed by atoms with van der Waals surface area (Å²) in [5.74, 6) is 0.878. The van der Waals surface area contributed by atoms with Gasteiger partial charge in [-0.3, -0.25) is 4.79 Å². The predicted molar refractivity (Wildman–Crippen MR) is 64.8 cm³/mol. The molecule has 0 rings (SSSR count). The number of carbonyl (C=O) groups excluding carboxylic acids is 1. The Balaban J connectivity index is 3.20. The first-order chi connectivity index (χ1) is 7.02. The molecule has 0 atom stereocenters. The maximum atomic E-state index is 11.3. The van der Waals surface area contributed by atoms with Crippen molar-refractivity contribution < 1.29 is 4.79 Å². The topological polar surface area (TPSA) is 41.1 Å². The first kappa shape index (κ1) is 14.4. The first-order valence-corrected chi connectivity index (χ1v) is 6.02. The lowest BCUT2D eigenvalue weighted by molar-refractivity contribution is -0.121. The van der Waals surface area contributed by atoms with Crippen LogP contribution in [0.5, 0.6) is 0 Å². The molecule has 90 valence electrons. The van der Waals surface area contributed by atoms with E-state index in [0.717, 1.165) is 25.9 Å². The van der Waals surface area contributed by atoms with Crippen LogP contribution in [0, 0.1) is 5.92 Å². The predicted octanol–water partition coefficient (Wildman–Crippen LogP) is 1.93. The van der Waals surface area contributed by atoms with Crippen molar-refractivity contribution in [3.8, 4) is 0 Å². The smallest absolute Gasteiger partial charge is 0.220 e. The molecule has 1 amide bonds. The molecule has 2 N–H and O–H groups in total. The minimum absolute atomic E-state index is 0.175. The third kappa shape index (κ3) is 11.4. The van der Waals surface area contributed by atoms with Crippen LogP contribution in [-0.4, -0.2) is 25.0 Å². The van der Waals surface area contributed by atoms with Crippen molar-refractivity contribution in [1.82, 2.24) is 10.6 Å². The number of unbranched alkanes of at least 4 members (excludes halogenated alkanes) is 1. The minimum atomic E-state index is 0.175.